The fourth-order valence-electron chi connectivity index (χ4n) is 6.28. The summed E-state index contributed by atoms with van der Waals surface area (Å²) in [5, 5.41) is 17.5. The van der Waals surface area contributed by atoms with Gasteiger partial charge in [-0.25, -0.2) is 14.6 Å². The van der Waals surface area contributed by atoms with Gasteiger partial charge in [0, 0.05) is 18.5 Å². The molecule has 2 aliphatic heterocycles. The molecule has 3 N–H and O–H groups in total. The molecule has 5 heterocycles. The van der Waals surface area contributed by atoms with E-state index in [2.05, 4.69) is 25.6 Å². The molecule has 1 saturated heterocycles. The van der Waals surface area contributed by atoms with E-state index in [1.54, 1.807) is 39.1 Å². The van der Waals surface area contributed by atoms with Gasteiger partial charge in [-0.3, -0.25) is 14.6 Å². The Labute approximate surface area is 282 Å². The van der Waals surface area contributed by atoms with Gasteiger partial charge in [0.1, 0.15) is 39.7 Å². The summed E-state index contributed by atoms with van der Waals surface area (Å²) >= 11 is 1.41. The molecule has 0 radical (unpaired) electrons. The zero-order chi connectivity index (χ0) is 34.1. The second kappa shape index (κ2) is 13.5. The maximum Gasteiger partial charge on any atom is 0.408 e. The van der Waals surface area contributed by atoms with E-state index in [0.29, 0.717) is 40.5 Å². The molecule has 1 aliphatic carbocycles. The molecule has 2 fully saturated rings. The number of carbonyl (C=O) groups excluding carboxylic acids is 3. The summed E-state index contributed by atoms with van der Waals surface area (Å²) in [5.41, 5.74) is -0.987. The van der Waals surface area contributed by atoms with Crippen LogP contribution in [-0.4, -0.2) is 84.7 Å². The Kier molecular flexibility index (Phi) is 9.37. The number of fused-ring (bicyclic) bond motifs is 3. The lowest BCUT2D eigenvalue weighted by molar-refractivity contribution is -0.145. The monoisotopic (exact) mass is 676 g/mol. The first-order valence-corrected chi connectivity index (χ1v) is 17.2. The van der Waals surface area contributed by atoms with Gasteiger partial charge >= 0.3 is 12.1 Å². The molecule has 1 saturated carbocycles. The lowest BCUT2D eigenvalue weighted by atomic mass is 10.0. The molecular formula is C34H40N6O7S. The molecule has 3 amide bonds. The van der Waals surface area contributed by atoms with E-state index in [1.807, 2.05) is 29.7 Å². The number of nitrogens with zero attached hydrogens (tertiary/aromatic N) is 4. The molecule has 5 atom stereocenters. The molecule has 254 valence electrons. The van der Waals surface area contributed by atoms with Gasteiger partial charge in [0.2, 0.25) is 17.7 Å². The fraction of sp³-hybridized carbons (Fsp3) is 0.500. The van der Waals surface area contributed by atoms with Crippen molar-refractivity contribution >= 4 is 45.4 Å². The van der Waals surface area contributed by atoms with Gasteiger partial charge in [-0.2, -0.15) is 4.98 Å². The van der Waals surface area contributed by atoms with E-state index in [-0.39, 0.29) is 25.3 Å². The lowest BCUT2D eigenvalue weighted by Gasteiger charge is -2.30. The molecule has 3 aromatic rings. The van der Waals surface area contributed by atoms with Crippen LogP contribution in [0.1, 0.15) is 65.7 Å². The van der Waals surface area contributed by atoms with Crippen LogP contribution < -0.4 is 15.4 Å². The largest absolute Gasteiger partial charge is 0.479 e. The van der Waals surface area contributed by atoms with Crippen LogP contribution in [-0.2, 0) is 19.1 Å². The standard InChI is InChI=1S/C34H40N6O7S/c1-33(2,3)47-32(45)37-24-13-8-6-4-5-7-11-20-18-34(20,31(43)44)39-28(41)25-17-21(19-40(25)30(24)42)46-29-26-22(14-16-48-26)36-27(38-29)23-12-9-10-15-35-23/h7,9-12,14-16,20-21,24-25H,4-6,8,13,17-19H2,1-3H3,(H,37,45)(H,39,41)(H,43,44)/b11-7+/t20-,21-,24+,25+,34-/m1/s1. The Bertz CT molecular complexity index is 1720. The van der Waals surface area contributed by atoms with E-state index < -0.39 is 53.2 Å². The maximum absolute atomic E-state index is 14.3. The predicted molar refractivity (Wildman–Crippen MR) is 177 cm³/mol. The number of amides is 3. The number of nitrogens with one attached hydrogen (secondary N) is 2. The Balaban J connectivity index is 1.31. The van der Waals surface area contributed by atoms with Crippen molar-refractivity contribution in [3.63, 3.8) is 0 Å². The van der Waals surface area contributed by atoms with Crippen LogP contribution >= 0.6 is 11.3 Å². The third kappa shape index (κ3) is 7.28. The highest BCUT2D eigenvalue weighted by molar-refractivity contribution is 7.17. The van der Waals surface area contributed by atoms with Crippen LogP contribution in [0, 0.1) is 5.92 Å². The minimum Gasteiger partial charge on any atom is -0.479 e. The molecule has 48 heavy (non-hydrogen) atoms. The van der Waals surface area contributed by atoms with Gasteiger partial charge in [-0.1, -0.05) is 31.1 Å². The normalized spacial score (nSPS) is 27.1. The summed E-state index contributed by atoms with van der Waals surface area (Å²) < 4.78 is 12.6. The number of carboxylic acids is 1. The Morgan fingerprint density at radius 2 is 1.98 bits per heavy atom. The SMILES string of the molecule is CC(C)(C)OC(=O)N[C@H]1CCCCC/C=C/[C@@H]2C[C@@]2(C(=O)O)NC(=O)[C@@H]2C[C@@H](Oc3nc(-c4ccccn4)nc4ccsc34)CN2C1=O. The number of hydrogen-bond donors (Lipinski definition) is 3. The van der Waals surface area contributed by atoms with Gasteiger partial charge in [-0.15, -0.1) is 11.3 Å². The van der Waals surface area contributed by atoms with Gasteiger partial charge < -0.3 is 30.1 Å². The van der Waals surface area contributed by atoms with Crippen LogP contribution in [0.2, 0.25) is 0 Å². The topological polar surface area (TPSA) is 173 Å². The number of hydrogen-bond acceptors (Lipinski definition) is 10. The smallest absolute Gasteiger partial charge is 0.408 e. The molecule has 3 aromatic heterocycles. The zero-order valence-electron chi connectivity index (χ0n) is 27.2. The minimum atomic E-state index is -1.44. The average Bonchev–Trinajstić information content (AvgIpc) is 3.33. The predicted octanol–water partition coefficient (Wildman–Crippen LogP) is 4.47. The molecule has 13 nitrogen and oxygen atoms in total. The molecule has 0 bridgehead atoms. The highest BCUT2D eigenvalue weighted by atomic mass is 32.1. The lowest BCUT2D eigenvalue weighted by Crippen LogP contribution is -2.56. The number of alkyl carbamates (subject to hydrolysis) is 1. The second-order valence-corrected chi connectivity index (χ2v) is 14.4. The summed E-state index contributed by atoms with van der Waals surface area (Å²) in [5.74, 6) is -1.84. The highest BCUT2D eigenvalue weighted by Crippen LogP contribution is 2.45. The van der Waals surface area contributed by atoms with Crippen LogP contribution in [0.25, 0.3) is 21.7 Å². The van der Waals surface area contributed by atoms with Crippen LogP contribution in [0.15, 0.2) is 48.0 Å². The molecule has 6 rings (SSSR count). The first kappa shape index (κ1) is 33.3. The number of aliphatic carboxylic acids is 1. The summed E-state index contributed by atoms with van der Waals surface area (Å²) in [4.78, 5) is 68.6. The van der Waals surface area contributed by atoms with Crippen molar-refractivity contribution in [2.45, 2.75) is 95.0 Å². The first-order valence-electron chi connectivity index (χ1n) is 16.3. The first-order chi connectivity index (χ1) is 22.9. The van der Waals surface area contributed by atoms with Crippen LogP contribution in [0.5, 0.6) is 5.88 Å². The third-order valence-corrected chi connectivity index (χ3v) is 9.65. The van der Waals surface area contributed by atoms with Crippen molar-refractivity contribution in [3.05, 3.63) is 48.0 Å². The zero-order valence-corrected chi connectivity index (χ0v) is 28.0. The van der Waals surface area contributed by atoms with Crippen LogP contribution in [0.3, 0.4) is 0 Å². The van der Waals surface area contributed by atoms with Crippen molar-refractivity contribution in [2.24, 2.45) is 5.92 Å². The van der Waals surface area contributed by atoms with Crippen molar-refractivity contribution in [1.29, 1.82) is 0 Å². The molecular weight excluding hydrogens is 636 g/mol. The summed E-state index contributed by atoms with van der Waals surface area (Å²) in [6.07, 6.45) is 7.80. The van der Waals surface area contributed by atoms with Crippen molar-refractivity contribution in [1.82, 2.24) is 30.5 Å². The molecule has 14 heteroatoms. The van der Waals surface area contributed by atoms with Crippen molar-refractivity contribution in [3.8, 4) is 17.4 Å². The number of thiophene rings is 1. The van der Waals surface area contributed by atoms with Crippen molar-refractivity contribution in [2.75, 3.05) is 6.54 Å². The van der Waals surface area contributed by atoms with Crippen molar-refractivity contribution < 1.29 is 33.8 Å². The number of pyridine rings is 1. The fourth-order valence-corrected chi connectivity index (χ4v) is 7.04. The van der Waals surface area contributed by atoms with Gasteiger partial charge in [0.15, 0.2) is 5.82 Å². The quantitative estimate of drug-likeness (QED) is 0.327. The summed E-state index contributed by atoms with van der Waals surface area (Å²) in [7, 11) is 0. The van der Waals surface area contributed by atoms with E-state index >= 15 is 0 Å². The Hall–Kier alpha value is -4.59. The van der Waals surface area contributed by atoms with Gasteiger partial charge in [-0.05, 0) is 70.0 Å². The highest BCUT2D eigenvalue weighted by Gasteiger charge is 2.61. The second-order valence-electron chi connectivity index (χ2n) is 13.5. The number of ether oxygens (including phenoxy) is 2. The molecule has 0 spiro atoms. The van der Waals surface area contributed by atoms with E-state index in [4.69, 9.17) is 9.47 Å². The van der Waals surface area contributed by atoms with E-state index in [0.717, 1.165) is 19.3 Å². The Morgan fingerprint density at radius 3 is 2.73 bits per heavy atom. The van der Waals surface area contributed by atoms with Gasteiger partial charge in [0.25, 0.3) is 0 Å². The minimum absolute atomic E-state index is 0.0165. The number of allylic oxidation sites excluding steroid dienone is 1. The number of carbonyl (C=O) groups is 4. The maximum atomic E-state index is 14.3. The molecule has 3 aliphatic rings. The van der Waals surface area contributed by atoms with Gasteiger partial charge in [0.05, 0.1) is 12.1 Å². The number of aromatic nitrogens is 3. The molecule has 0 unspecified atom stereocenters. The summed E-state index contributed by atoms with van der Waals surface area (Å²) in [6.45, 7) is 5.23. The average molecular weight is 677 g/mol. The number of rotatable bonds is 5. The number of carboxylic acid groups (broad SMARTS) is 1. The van der Waals surface area contributed by atoms with E-state index in [1.165, 1.54) is 16.2 Å². The van der Waals surface area contributed by atoms with E-state index in [9.17, 15) is 24.3 Å². The molecule has 0 aromatic carbocycles. The third-order valence-electron chi connectivity index (χ3n) is 8.76. The van der Waals surface area contributed by atoms with Crippen LogP contribution in [0.4, 0.5) is 4.79 Å². The Morgan fingerprint density at radius 1 is 1.15 bits per heavy atom. The summed E-state index contributed by atoms with van der Waals surface area (Å²) in [6, 6.07) is 5.27.